The maximum Gasteiger partial charge on any atom is 0.248 e. The molecule has 3 N–H and O–H groups in total. The van der Waals surface area contributed by atoms with Gasteiger partial charge in [0.1, 0.15) is 5.82 Å². The molecule has 0 aromatic heterocycles. The highest BCUT2D eigenvalue weighted by atomic mass is 19.1. The molecule has 1 saturated carbocycles. The van der Waals surface area contributed by atoms with Crippen molar-refractivity contribution in [3.05, 3.63) is 35.1 Å². The number of rotatable bonds is 6. The summed E-state index contributed by atoms with van der Waals surface area (Å²) in [7, 11) is 0. The van der Waals surface area contributed by atoms with Crippen LogP contribution in [0.3, 0.4) is 0 Å². The molecule has 1 amide bonds. The van der Waals surface area contributed by atoms with Gasteiger partial charge in [0, 0.05) is 17.7 Å². The average molecular weight is 292 g/mol. The van der Waals surface area contributed by atoms with E-state index in [9.17, 15) is 9.18 Å². The average Bonchev–Trinajstić information content (AvgIpc) is 2.49. The third-order valence-corrected chi connectivity index (χ3v) is 4.63. The van der Waals surface area contributed by atoms with E-state index < -0.39 is 5.91 Å². The van der Waals surface area contributed by atoms with Crippen LogP contribution < -0.4 is 11.1 Å². The quantitative estimate of drug-likeness (QED) is 0.845. The van der Waals surface area contributed by atoms with Gasteiger partial charge < -0.3 is 11.1 Å². The zero-order chi connectivity index (χ0) is 15.2. The molecule has 2 rings (SSSR count). The number of carbonyl (C=O) groups is 1. The number of hydrogen-bond donors (Lipinski definition) is 2. The van der Waals surface area contributed by atoms with E-state index in [2.05, 4.69) is 12.2 Å². The van der Waals surface area contributed by atoms with Gasteiger partial charge >= 0.3 is 0 Å². The molecule has 1 fully saturated rings. The number of halogens is 1. The largest absolute Gasteiger partial charge is 0.366 e. The van der Waals surface area contributed by atoms with Crippen LogP contribution in [0.15, 0.2) is 18.2 Å². The molecule has 0 heterocycles. The zero-order valence-corrected chi connectivity index (χ0v) is 12.7. The van der Waals surface area contributed by atoms with Crippen molar-refractivity contribution in [2.45, 2.75) is 45.6 Å². The molecular formula is C17H25FN2O. The van der Waals surface area contributed by atoms with Gasteiger partial charge in [-0.05, 0) is 43.4 Å². The summed E-state index contributed by atoms with van der Waals surface area (Å²) in [6, 6.07) is 4.43. The highest BCUT2D eigenvalue weighted by Crippen LogP contribution is 2.30. The van der Waals surface area contributed by atoms with Crippen LogP contribution in [0.25, 0.3) is 0 Å². The van der Waals surface area contributed by atoms with E-state index in [4.69, 9.17) is 5.73 Å². The third-order valence-electron chi connectivity index (χ3n) is 4.63. The third kappa shape index (κ3) is 4.53. The molecule has 3 nitrogen and oxygen atoms in total. The van der Waals surface area contributed by atoms with Crippen LogP contribution in [-0.4, -0.2) is 12.5 Å². The predicted octanol–water partition coefficient (Wildman–Crippen LogP) is 3.23. The van der Waals surface area contributed by atoms with E-state index in [1.54, 1.807) is 12.1 Å². The van der Waals surface area contributed by atoms with Crippen LogP contribution in [0.4, 0.5) is 4.39 Å². The number of nitrogens with two attached hydrogens (primary N) is 1. The fraction of sp³-hybridized carbons (Fsp3) is 0.588. The first kappa shape index (κ1) is 16.0. The van der Waals surface area contributed by atoms with E-state index >= 15 is 0 Å². The van der Waals surface area contributed by atoms with Crippen LogP contribution in [0, 0.1) is 17.7 Å². The number of carbonyl (C=O) groups excluding carboxylic acids is 1. The van der Waals surface area contributed by atoms with Gasteiger partial charge in [-0.2, -0.15) is 0 Å². The van der Waals surface area contributed by atoms with Crippen LogP contribution in [0.5, 0.6) is 0 Å². The van der Waals surface area contributed by atoms with E-state index in [-0.39, 0.29) is 11.4 Å². The molecule has 0 atom stereocenters. The molecule has 21 heavy (non-hydrogen) atoms. The van der Waals surface area contributed by atoms with Gasteiger partial charge in [-0.25, -0.2) is 4.39 Å². The van der Waals surface area contributed by atoms with Crippen molar-refractivity contribution in [3.8, 4) is 0 Å². The smallest absolute Gasteiger partial charge is 0.248 e. The van der Waals surface area contributed by atoms with Crippen LogP contribution in [0.2, 0.25) is 0 Å². The summed E-state index contributed by atoms with van der Waals surface area (Å²) in [5.74, 6) is 0.648. The van der Waals surface area contributed by atoms with Gasteiger partial charge in [-0.1, -0.05) is 32.3 Å². The molecule has 0 saturated heterocycles. The van der Waals surface area contributed by atoms with Gasteiger partial charge in [-0.15, -0.1) is 0 Å². The minimum atomic E-state index is -0.596. The Morgan fingerprint density at radius 2 is 1.95 bits per heavy atom. The maximum absolute atomic E-state index is 13.8. The molecule has 1 aliphatic rings. The summed E-state index contributed by atoms with van der Waals surface area (Å²) in [6.45, 7) is 3.70. The lowest BCUT2D eigenvalue weighted by molar-refractivity contribution is 0.1000. The monoisotopic (exact) mass is 292 g/mol. The minimum Gasteiger partial charge on any atom is -0.366 e. The fourth-order valence-electron chi connectivity index (χ4n) is 3.10. The number of nitrogens with one attached hydrogen (secondary N) is 1. The lowest BCUT2D eigenvalue weighted by Crippen LogP contribution is -2.26. The minimum absolute atomic E-state index is 0.217. The Morgan fingerprint density at radius 3 is 2.52 bits per heavy atom. The Morgan fingerprint density at radius 1 is 1.29 bits per heavy atom. The molecule has 4 heteroatoms. The second kappa shape index (κ2) is 7.55. The summed E-state index contributed by atoms with van der Waals surface area (Å²) >= 11 is 0. The van der Waals surface area contributed by atoms with Crippen LogP contribution in [0.1, 0.15) is 54.9 Å². The Balaban J connectivity index is 1.77. The lowest BCUT2D eigenvalue weighted by atomic mass is 9.81. The molecule has 0 unspecified atom stereocenters. The van der Waals surface area contributed by atoms with Gasteiger partial charge in [0.25, 0.3) is 0 Å². The topological polar surface area (TPSA) is 55.1 Å². The Labute approximate surface area is 126 Å². The van der Waals surface area contributed by atoms with Crippen LogP contribution >= 0.6 is 0 Å². The first-order valence-corrected chi connectivity index (χ1v) is 7.89. The summed E-state index contributed by atoms with van der Waals surface area (Å²) in [4.78, 5) is 11.0. The van der Waals surface area contributed by atoms with Crippen LogP contribution in [-0.2, 0) is 6.54 Å². The van der Waals surface area contributed by atoms with Crippen molar-refractivity contribution in [1.29, 1.82) is 0 Å². The Kier molecular flexibility index (Phi) is 5.74. The standard InChI is InChI=1S/C17H25FN2O/c1-2-12-3-5-13(6-4-12)10-20-11-15-8-7-14(17(19)21)9-16(15)18/h7-9,12-13,20H,2-6,10-11H2,1H3,(H2,19,21). The normalized spacial score (nSPS) is 22.2. The lowest BCUT2D eigenvalue weighted by Gasteiger charge is -2.28. The second-order valence-corrected chi connectivity index (χ2v) is 6.10. The molecule has 0 bridgehead atoms. The first-order valence-electron chi connectivity index (χ1n) is 7.89. The Hall–Kier alpha value is -1.42. The van der Waals surface area contributed by atoms with Crippen molar-refractivity contribution in [1.82, 2.24) is 5.32 Å². The van der Waals surface area contributed by atoms with Crippen molar-refractivity contribution in [2.24, 2.45) is 17.6 Å². The summed E-state index contributed by atoms with van der Waals surface area (Å²) in [5.41, 5.74) is 5.93. The van der Waals surface area contributed by atoms with Crippen molar-refractivity contribution in [3.63, 3.8) is 0 Å². The van der Waals surface area contributed by atoms with Crippen molar-refractivity contribution >= 4 is 5.91 Å². The molecule has 0 aliphatic heterocycles. The van der Waals surface area contributed by atoms with Gasteiger partial charge in [0.15, 0.2) is 0 Å². The van der Waals surface area contributed by atoms with E-state index in [1.807, 2.05) is 0 Å². The van der Waals surface area contributed by atoms with Gasteiger partial charge in [-0.3, -0.25) is 4.79 Å². The van der Waals surface area contributed by atoms with Crippen molar-refractivity contribution in [2.75, 3.05) is 6.54 Å². The molecule has 1 aliphatic carbocycles. The van der Waals surface area contributed by atoms with E-state index in [0.717, 1.165) is 12.5 Å². The molecule has 1 aromatic carbocycles. The molecule has 116 valence electrons. The molecular weight excluding hydrogens is 267 g/mol. The summed E-state index contributed by atoms with van der Waals surface area (Å²) in [5, 5.41) is 3.34. The number of hydrogen-bond acceptors (Lipinski definition) is 2. The SMILES string of the molecule is CCC1CCC(CNCc2ccc(C(N)=O)cc2F)CC1. The fourth-order valence-corrected chi connectivity index (χ4v) is 3.10. The highest BCUT2D eigenvalue weighted by Gasteiger charge is 2.19. The number of amides is 1. The van der Waals surface area contributed by atoms with E-state index in [1.165, 1.54) is 38.2 Å². The Bertz CT molecular complexity index is 482. The first-order chi connectivity index (χ1) is 10.1. The van der Waals surface area contributed by atoms with E-state index in [0.29, 0.717) is 18.0 Å². The predicted molar refractivity (Wildman–Crippen MR) is 82.4 cm³/mol. The second-order valence-electron chi connectivity index (χ2n) is 6.10. The summed E-state index contributed by atoms with van der Waals surface area (Å²) in [6.07, 6.45) is 6.48. The van der Waals surface area contributed by atoms with Crippen molar-refractivity contribution < 1.29 is 9.18 Å². The maximum atomic E-state index is 13.8. The number of benzene rings is 1. The number of primary amides is 1. The zero-order valence-electron chi connectivity index (χ0n) is 12.7. The molecule has 0 spiro atoms. The van der Waals surface area contributed by atoms with Gasteiger partial charge in [0.05, 0.1) is 0 Å². The molecule has 0 radical (unpaired) electrons. The summed E-state index contributed by atoms with van der Waals surface area (Å²) < 4.78 is 13.8. The van der Waals surface area contributed by atoms with Gasteiger partial charge in [0.2, 0.25) is 5.91 Å². The highest BCUT2D eigenvalue weighted by molar-refractivity contribution is 5.92. The molecule has 1 aromatic rings.